The van der Waals surface area contributed by atoms with Crippen molar-refractivity contribution >= 4 is 21.4 Å². The van der Waals surface area contributed by atoms with Crippen molar-refractivity contribution in [3.63, 3.8) is 0 Å². The molecule has 2 rings (SSSR count). The van der Waals surface area contributed by atoms with Crippen molar-refractivity contribution < 1.29 is 8.42 Å². The number of hydrogen-bond donors (Lipinski definition) is 3. The normalized spacial score (nSPS) is 13.5. The highest BCUT2D eigenvalue weighted by molar-refractivity contribution is 7.89. The van der Waals surface area contributed by atoms with Gasteiger partial charge in [0.25, 0.3) is 0 Å². The fourth-order valence-corrected chi connectivity index (χ4v) is 4.51. The molecule has 0 spiro atoms. The number of rotatable bonds is 6. The van der Waals surface area contributed by atoms with Gasteiger partial charge in [-0.1, -0.05) is 6.92 Å². The Labute approximate surface area is 128 Å². The molecule has 9 heteroatoms. The first-order valence-electron chi connectivity index (χ1n) is 6.59. The highest BCUT2D eigenvalue weighted by Crippen LogP contribution is 2.24. The summed E-state index contributed by atoms with van der Waals surface area (Å²) in [7, 11) is -3.69. The number of nitrogens with two attached hydrogens (primary N) is 1. The van der Waals surface area contributed by atoms with Crippen LogP contribution in [-0.2, 0) is 23.0 Å². The summed E-state index contributed by atoms with van der Waals surface area (Å²) in [5.74, 6) is 0. The molecule has 7 nitrogen and oxygen atoms in total. The van der Waals surface area contributed by atoms with Gasteiger partial charge in [-0.05, 0) is 20.3 Å². The van der Waals surface area contributed by atoms with E-state index in [1.807, 2.05) is 6.92 Å². The summed E-state index contributed by atoms with van der Waals surface area (Å²) in [6.45, 7) is 5.53. The second kappa shape index (κ2) is 6.22. The molecule has 0 radical (unpaired) electrons. The van der Waals surface area contributed by atoms with Crippen molar-refractivity contribution in [1.29, 1.82) is 0 Å². The Hall–Kier alpha value is -1.29. The SMILES string of the molecule is CCc1cnc(C(C)NS(=O)(=O)c2c(CN)n[nH]c2C)s1. The summed E-state index contributed by atoms with van der Waals surface area (Å²) in [6.07, 6.45) is 2.66. The second-order valence-electron chi connectivity index (χ2n) is 4.69. The van der Waals surface area contributed by atoms with Crippen LogP contribution in [0.1, 0.15) is 41.2 Å². The molecule has 0 amide bonds. The molecule has 4 N–H and O–H groups in total. The minimum absolute atomic E-state index is 0.0617. The molecule has 0 aliphatic heterocycles. The molecule has 2 aromatic heterocycles. The third kappa shape index (κ3) is 3.31. The van der Waals surface area contributed by atoms with Gasteiger partial charge in [0.15, 0.2) is 0 Å². The third-order valence-corrected chi connectivity index (χ3v) is 6.11. The number of nitrogens with one attached hydrogen (secondary N) is 2. The molecule has 0 aromatic carbocycles. The first kappa shape index (κ1) is 16.1. The summed E-state index contributed by atoms with van der Waals surface area (Å²) in [5.41, 5.74) is 6.35. The highest BCUT2D eigenvalue weighted by atomic mass is 32.2. The van der Waals surface area contributed by atoms with Gasteiger partial charge in [0.1, 0.15) is 9.90 Å². The van der Waals surface area contributed by atoms with Crippen LogP contribution in [0.5, 0.6) is 0 Å². The van der Waals surface area contributed by atoms with E-state index in [1.54, 1.807) is 20.0 Å². The van der Waals surface area contributed by atoms with E-state index in [2.05, 4.69) is 19.9 Å². The van der Waals surface area contributed by atoms with Crippen molar-refractivity contribution in [3.8, 4) is 0 Å². The first-order chi connectivity index (χ1) is 9.89. The van der Waals surface area contributed by atoms with Gasteiger partial charge >= 0.3 is 0 Å². The molecule has 0 saturated heterocycles. The quantitative estimate of drug-likeness (QED) is 0.737. The number of hydrogen-bond acceptors (Lipinski definition) is 6. The van der Waals surface area contributed by atoms with Crippen LogP contribution >= 0.6 is 11.3 Å². The molecule has 0 aliphatic carbocycles. The standard InChI is InChI=1S/C12H19N5O2S2/c1-4-9-6-14-12(20-9)8(3)17-21(18,19)11-7(2)15-16-10(11)5-13/h6,8,17H,4-5,13H2,1-3H3,(H,15,16). The predicted octanol–water partition coefficient (Wildman–Crippen LogP) is 1.24. The summed E-state index contributed by atoms with van der Waals surface area (Å²) in [5, 5.41) is 7.32. The maximum Gasteiger partial charge on any atom is 0.244 e. The van der Waals surface area contributed by atoms with Crippen molar-refractivity contribution in [2.45, 2.75) is 44.7 Å². The third-order valence-electron chi connectivity index (χ3n) is 3.05. The van der Waals surface area contributed by atoms with Crippen LogP contribution in [0, 0.1) is 6.92 Å². The molecule has 0 fully saturated rings. The van der Waals surface area contributed by atoms with Crippen LogP contribution in [0.4, 0.5) is 0 Å². The number of aromatic amines is 1. The number of H-pyrrole nitrogens is 1. The van der Waals surface area contributed by atoms with E-state index < -0.39 is 16.1 Å². The second-order valence-corrected chi connectivity index (χ2v) is 7.49. The Morgan fingerprint density at radius 2 is 2.24 bits per heavy atom. The van der Waals surface area contributed by atoms with E-state index in [0.717, 1.165) is 16.3 Å². The predicted molar refractivity (Wildman–Crippen MR) is 81.4 cm³/mol. The molecule has 2 heterocycles. The summed E-state index contributed by atoms with van der Waals surface area (Å²) < 4.78 is 27.6. The molecule has 116 valence electrons. The minimum Gasteiger partial charge on any atom is -0.325 e. The summed E-state index contributed by atoms with van der Waals surface area (Å²) >= 11 is 1.51. The number of aromatic nitrogens is 3. The van der Waals surface area contributed by atoms with Crippen LogP contribution in [0.15, 0.2) is 11.1 Å². The fraction of sp³-hybridized carbons (Fsp3) is 0.500. The highest BCUT2D eigenvalue weighted by Gasteiger charge is 2.26. The number of aryl methyl sites for hydroxylation is 2. The fourth-order valence-electron chi connectivity index (χ4n) is 1.99. The monoisotopic (exact) mass is 329 g/mol. The lowest BCUT2D eigenvalue weighted by Crippen LogP contribution is -2.28. The van der Waals surface area contributed by atoms with Crippen LogP contribution in [0.25, 0.3) is 0 Å². The van der Waals surface area contributed by atoms with E-state index in [0.29, 0.717) is 11.4 Å². The molecule has 0 aliphatic rings. The van der Waals surface area contributed by atoms with Gasteiger partial charge in [-0.3, -0.25) is 5.10 Å². The van der Waals surface area contributed by atoms with Crippen LogP contribution in [-0.4, -0.2) is 23.6 Å². The van der Waals surface area contributed by atoms with E-state index in [1.165, 1.54) is 11.3 Å². The minimum atomic E-state index is -3.69. The Morgan fingerprint density at radius 1 is 1.52 bits per heavy atom. The van der Waals surface area contributed by atoms with Crippen molar-refractivity contribution in [3.05, 3.63) is 27.5 Å². The maximum atomic E-state index is 12.5. The van der Waals surface area contributed by atoms with Gasteiger partial charge in [-0.25, -0.2) is 18.1 Å². The maximum absolute atomic E-state index is 12.5. The zero-order chi connectivity index (χ0) is 15.6. The van der Waals surface area contributed by atoms with Gasteiger partial charge in [0, 0.05) is 17.6 Å². The Kier molecular flexibility index (Phi) is 4.77. The Bertz CT molecular complexity index is 720. The molecule has 1 unspecified atom stereocenters. The van der Waals surface area contributed by atoms with Gasteiger partial charge in [0.05, 0.1) is 17.4 Å². The topological polar surface area (TPSA) is 114 Å². The smallest absolute Gasteiger partial charge is 0.244 e. The lowest BCUT2D eigenvalue weighted by Gasteiger charge is -2.12. The largest absolute Gasteiger partial charge is 0.325 e. The molecule has 0 bridgehead atoms. The number of sulfonamides is 1. The van der Waals surface area contributed by atoms with Gasteiger partial charge in [-0.15, -0.1) is 11.3 Å². The van der Waals surface area contributed by atoms with E-state index >= 15 is 0 Å². The van der Waals surface area contributed by atoms with Crippen LogP contribution in [0.2, 0.25) is 0 Å². The van der Waals surface area contributed by atoms with E-state index in [-0.39, 0.29) is 11.4 Å². The Balaban J connectivity index is 2.26. The lowest BCUT2D eigenvalue weighted by atomic mass is 10.4. The van der Waals surface area contributed by atoms with Crippen LogP contribution in [0.3, 0.4) is 0 Å². The zero-order valence-electron chi connectivity index (χ0n) is 12.2. The molecule has 0 saturated carbocycles. The Morgan fingerprint density at radius 3 is 2.81 bits per heavy atom. The van der Waals surface area contributed by atoms with E-state index in [4.69, 9.17) is 5.73 Å². The van der Waals surface area contributed by atoms with Crippen molar-refractivity contribution in [2.75, 3.05) is 0 Å². The molecule has 21 heavy (non-hydrogen) atoms. The van der Waals surface area contributed by atoms with Crippen LogP contribution < -0.4 is 10.5 Å². The number of thiazole rings is 1. The molecular formula is C12H19N5O2S2. The lowest BCUT2D eigenvalue weighted by molar-refractivity contribution is 0.564. The first-order valence-corrected chi connectivity index (χ1v) is 8.89. The average molecular weight is 329 g/mol. The summed E-state index contributed by atoms with van der Waals surface area (Å²) in [6, 6.07) is -0.403. The van der Waals surface area contributed by atoms with Crippen molar-refractivity contribution in [1.82, 2.24) is 19.9 Å². The molecule has 1 atom stereocenters. The zero-order valence-corrected chi connectivity index (χ0v) is 13.8. The van der Waals surface area contributed by atoms with Crippen molar-refractivity contribution in [2.24, 2.45) is 5.73 Å². The van der Waals surface area contributed by atoms with Gasteiger partial charge < -0.3 is 5.73 Å². The van der Waals surface area contributed by atoms with Gasteiger partial charge in [0.2, 0.25) is 10.0 Å². The van der Waals surface area contributed by atoms with Gasteiger partial charge in [-0.2, -0.15) is 5.10 Å². The number of nitrogens with zero attached hydrogens (tertiary/aromatic N) is 2. The summed E-state index contributed by atoms with van der Waals surface area (Å²) in [4.78, 5) is 5.51. The molecule has 2 aromatic rings. The molecular weight excluding hydrogens is 310 g/mol. The van der Waals surface area contributed by atoms with E-state index in [9.17, 15) is 8.42 Å². The average Bonchev–Trinajstić information content (AvgIpc) is 3.04.